The molecular weight excluding hydrogens is 478 g/mol. The third-order valence-corrected chi connectivity index (χ3v) is 6.93. The van der Waals surface area contributed by atoms with E-state index in [0.29, 0.717) is 21.2 Å². The van der Waals surface area contributed by atoms with E-state index >= 15 is 0 Å². The maximum absolute atomic E-state index is 13.6. The number of rotatable bonds is 9. The lowest BCUT2D eigenvalue weighted by atomic mass is 9.99. The van der Waals surface area contributed by atoms with Crippen LogP contribution in [0.4, 0.5) is 13.2 Å². The summed E-state index contributed by atoms with van der Waals surface area (Å²) in [5.74, 6) is -4.31. The van der Waals surface area contributed by atoms with Crippen LogP contribution in [0, 0.1) is 4.78 Å². The van der Waals surface area contributed by atoms with Crippen molar-refractivity contribution < 1.29 is 27.3 Å². The van der Waals surface area contributed by atoms with Gasteiger partial charge in [-0.05, 0) is 31.0 Å². The fourth-order valence-electron chi connectivity index (χ4n) is 2.82. The summed E-state index contributed by atoms with van der Waals surface area (Å²) in [5, 5.41) is 9.47. The molecule has 2 aromatic rings. The van der Waals surface area contributed by atoms with Crippen LogP contribution in [0.1, 0.15) is 24.5 Å². The average molecular weight is 498 g/mol. The molecule has 0 spiro atoms. The summed E-state index contributed by atoms with van der Waals surface area (Å²) in [6, 6.07) is 6.06. The van der Waals surface area contributed by atoms with Gasteiger partial charge in [-0.15, -0.1) is 0 Å². The highest BCUT2D eigenvalue weighted by molar-refractivity contribution is 7.92. The minimum Gasteiger partial charge on any atom is -0.480 e. The lowest BCUT2D eigenvalue weighted by Gasteiger charge is -2.21. The Kier molecular flexibility index (Phi) is 8.32. The van der Waals surface area contributed by atoms with Gasteiger partial charge in [0.25, 0.3) is 0 Å². The summed E-state index contributed by atoms with van der Waals surface area (Å²) >= 11 is 12.0. The molecule has 0 saturated heterocycles. The number of nitrogens with one attached hydrogen (secondary N) is 1. The zero-order valence-electron chi connectivity index (χ0n) is 16.0. The van der Waals surface area contributed by atoms with E-state index in [1.807, 2.05) is 0 Å². The number of pyridine rings is 1. The average Bonchev–Trinajstić information content (AvgIpc) is 2.66. The van der Waals surface area contributed by atoms with Crippen LogP contribution in [0.25, 0.3) is 11.1 Å². The number of nitrogens with zero attached hydrogens (tertiary/aromatic N) is 1. The van der Waals surface area contributed by atoms with E-state index in [0.717, 1.165) is 0 Å². The number of carbonyl (C=O) groups is 1. The molecule has 2 unspecified atom stereocenters. The van der Waals surface area contributed by atoms with E-state index in [4.69, 9.17) is 38.8 Å². The largest absolute Gasteiger partial charge is 0.480 e. The monoisotopic (exact) mass is 497 g/mol. The zero-order chi connectivity index (χ0) is 23.4. The van der Waals surface area contributed by atoms with Gasteiger partial charge in [0, 0.05) is 48.6 Å². The Labute approximate surface area is 187 Å². The summed E-state index contributed by atoms with van der Waals surface area (Å²) in [4.78, 5) is 14.6. The Bertz CT molecular complexity index is 1030. The van der Waals surface area contributed by atoms with Crippen molar-refractivity contribution in [1.29, 1.82) is 4.78 Å². The van der Waals surface area contributed by atoms with Crippen LogP contribution >= 0.6 is 23.2 Å². The zero-order valence-corrected chi connectivity index (χ0v) is 18.4. The normalized spacial score (nSPS) is 15.8. The molecule has 6 nitrogen and oxygen atoms in total. The first-order chi connectivity index (χ1) is 14.3. The fourth-order valence-corrected chi connectivity index (χ4v) is 4.80. The van der Waals surface area contributed by atoms with Gasteiger partial charge in [-0.3, -0.25) is 14.6 Å². The number of hydrogen-bond donors (Lipinski definition) is 3. The van der Waals surface area contributed by atoms with E-state index in [1.54, 1.807) is 12.1 Å². The maximum Gasteiger partial charge on any atom is 0.397 e. The van der Waals surface area contributed by atoms with Crippen LogP contribution in [0.3, 0.4) is 0 Å². The minimum absolute atomic E-state index is 0.261. The standard InChI is InChI=1S/C19H20Cl2F3N3O3S/c20-12-2-3-13(15(21)9-12)11-1-4-17(27-10-11)14(19(22,23)24)5-7-31(26,30)8-6-16(25)18(28)29/h1-4,9-10,14,16,26H,5-8,25H2,(H,28,29)/t14?,16-,31?/m0/s1. The second-order valence-corrected chi connectivity index (χ2v) is 10.2. The molecule has 3 atom stereocenters. The molecule has 0 aliphatic heterocycles. The van der Waals surface area contributed by atoms with Crippen LogP contribution in [-0.4, -0.2) is 44.0 Å². The quantitative estimate of drug-likeness (QED) is 0.453. The highest BCUT2D eigenvalue weighted by atomic mass is 35.5. The van der Waals surface area contributed by atoms with Gasteiger partial charge in [0.05, 0.1) is 11.6 Å². The van der Waals surface area contributed by atoms with Crippen molar-refractivity contribution in [3.63, 3.8) is 0 Å². The molecule has 4 N–H and O–H groups in total. The van der Waals surface area contributed by atoms with Crippen molar-refractivity contribution in [3.05, 3.63) is 52.3 Å². The summed E-state index contributed by atoms with van der Waals surface area (Å²) in [6.07, 6.45) is -4.29. The molecule has 0 fully saturated rings. The summed E-state index contributed by atoms with van der Waals surface area (Å²) in [6.45, 7) is 0. The lowest BCUT2D eigenvalue weighted by Crippen LogP contribution is -2.32. The molecule has 0 aliphatic rings. The minimum atomic E-state index is -4.67. The Morgan fingerprint density at radius 3 is 2.35 bits per heavy atom. The van der Waals surface area contributed by atoms with Crippen LogP contribution < -0.4 is 5.73 Å². The van der Waals surface area contributed by atoms with E-state index in [1.165, 1.54) is 24.4 Å². The van der Waals surface area contributed by atoms with Crippen molar-refractivity contribution in [2.75, 3.05) is 11.5 Å². The molecule has 1 aromatic carbocycles. The van der Waals surface area contributed by atoms with Crippen LogP contribution in [0.15, 0.2) is 36.5 Å². The molecule has 170 valence electrons. The van der Waals surface area contributed by atoms with Gasteiger partial charge >= 0.3 is 12.1 Å². The van der Waals surface area contributed by atoms with Crippen LogP contribution in [0.2, 0.25) is 10.0 Å². The van der Waals surface area contributed by atoms with Gasteiger partial charge in [0.2, 0.25) is 0 Å². The number of nitrogens with two attached hydrogens (primary N) is 1. The second-order valence-electron chi connectivity index (χ2n) is 6.93. The first-order valence-corrected chi connectivity index (χ1v) is 11.7. The predicted octanol–water partition coefficient (Wildman–Crippen LogP) is 4.94. The van der Waals surface area contributed by atoms with Crippen molar-refractivity contribution in [3.8, 4) is 11.1 Å². The Hall–Kier alpha value is -1.88. The van der Waals surface area contributed by atoms with Gasteiger partial charge < -0.3 is 10.8 Å². The maximum atomic E-state index is 13.6. The molecule has 31 heavy (non-hydrogen) atoms. The molecule has 0 amide bonds. The summed E-state index contributed by atoms with van der Waals surface area (Å²) in [5.41, 5.74) is 6.08. The highest BCUT2D eigenvalue weighted by Crippen LogP contribution is 2.38. The predicted molar refractivity (Wildman–Crippen MR) is 114 cm³/mol. The molecule has 1 aromatic heterocycles. The number of alkyl halides is 3. The van der Waals surface area contributed by atoms with Gasteiger partial charge in [-0.25, -0.2) is 4.21 Å². The number of carboxylic acids is 1. The Morgan fingerprint density at radius 2 is 1.84 bits per heavy atom. The smallest absolute Gasteiger partial charge is 0.397 e. The number of aromatic nitrogens is 1. The number of halogens is 5. The van der Waals surface area contributed by atoms with Gasteiger partial charge in [-0.2, -0.15) is 13.2 Å². The number of hydrogen-bond acceptors (Lipinski definition) is 5. The summed E-state index contributed by atoms with van der Waals surface area (Å²) < 4.78 is 60.9. The first kappa shape index (κ1) is 25.4. The molecule has 0 saturated carbocycles. The molecule has 1 heterocycles. The molecular formula is C19H20Cl2F3N3O3S. The third-order valence-electron chi connectivity index (χ3n) is 4.59. The van der Waals surface area contributed by atoms with Crippen LogP contribution in [0.5, 0.6) is 0 Å². The van der Waals surface area contributed by atoms with Gasteiger partial charge in [0.1, 0.15) is 6.04 Å². The van der Waals surface area contributed by atoms with Crippen molar-refractivity contribution in [2.24, 2.45) is 5.73 Å². The van der Waals surface area contributed by atoms with E-state index in [2.05, 4.69) is 4.98 Å². The number of aliphatic carboxylic acids is 1. The lowest BCUT2D eigenvalue weighted by molar-refractivity contribution is -0.151. The number of carboxylic acid groups (broad SMARTS) is 1. The van der Waals surface area contributed by atoms with E-state index < -0.39 is 51.8 Å². The van der Waals surface area contributed by atoms with Gasteiger partial charge in [0.15, 0.2) is 0 Å². The SMILES string of the molecule is N=S(=O)(CCC(c1ccc(-c2ccc(Cl)cc2Cl)cn1)C(F)(F)F)CC[C@H](N)C(=O)O. The first-order valence-electron chi connectivity index (χ1n) is 9.01. The topological polar surface area (TPSA) is 117 Å². The Morgan fingerprint density at radius 1 is 1.19 bits per heavy atom. The fraction of sp³-hybridized carbons (Fsp3) is 0.368. The van der Waals surface area contributed by atoms with Gasteiger partial charge in [-0.1, -0.05) is 35.3 Å². The molecule has 0 radical (unpaired) electrons. The van der Waals surface area contributed by atoms with Crippen molar-refractivity contribution >= 4 is 38.9 Å². The highest BCUT2D eigenvalue weighted by Gasteiger charge is 2.41. The van der Waals surface area contributed by atoms with Crippen molar-refractivity contribution in [2.45, 2.75) is 31.0 Å². The molecule has 0 bridgehead atoms. The van der Waals surface area contributed by atoms with E-state index in [9.17, 15) is 22.2 Å². The molecule has 0 aliphatic carbocycles. The van der Waals surface area contributed by atoms with Crippen LogP contribution in [-0.2, 0) is 14.5 Å². The van der Waals surface area contributed by atoms with E-state index in [-0.39, 0.29) is 12.1 Å². The third kappa shape index (κ3) is 7.34. The molecule has 12 heteroatoms. The Balaban J connectivity index is 2.17. The number of benzene rings is 1. The summed E-state index contributed by atoms with van der Waals surface area (Å²) in [7, 11) is -3.44. The molecule has 2 rings (SSSR count). The second kappa shape index (κ2) is 10.2. The van der Waals surface area contributed by atoms with Crippen molar-refractivity contribution in [1.82, 2.24) is 4.98 Å².